The van der Waals surface area contributed by atoms with Gasteiger partial charge in [-0.25, -0.2) is 9.59 Å². The number of esters is 1. The van der Waals surface area contributed by atoms with E-state index in [1.165, 1.54) is 25.5 Å². The summed E-state index contributed by atoms with van der Waals surface area (Å²) in [5.74, 6) is -9.17. The number of carbonyl (C=O) groups is 6. The van der Waals surface area contributed by atoms with Crippen molar-refractivity contribution in [2.45, 2.75) is 198 Å². The van der Waals surface area contributed by atoms with Gasteiger partial charge in [0.05, 0.1) is 37.3 Å². The van der Waals surface area contributed by atoms with E-state index >= 15 is 0 Å². The smallest absolute Gasteiger partial charge is 0.492 e. The maximum Gasteiger partial charge on any atom is 0.509 e. The fourth-order valence-corrected chi connectivity index (χ4v) is 11.4. The average molecular weight is 1090 g/mol. The van der Waals surface area contributed by atoms with Crippen LogP contribution in [0.5, 0.6) is 0 Å². The molecule has 3 fully saturated rings. The lowest BCUT2D eigenvalue weighted by Gasteiger charge is -2.42. The number of ether oxygens (including phenoxy) is 8. The van der Waals surface area contributed by atoms with Gasteiger partial charge in [-0.1, -0.05) is 71.1 Å². The molecule has 0 spiro atoms. The number of hydrogen-bond acceptors (Lipinski definition) is 18. The Kier molecular flexibility index (Phi) is 24.3. The molecule has 2 saturated heterocycles. The second-order valence-electron chi connectivity index (χ2n) is 22.2. The van der Waals surface area contributed by atoms with Gasteiger partial charge in [0.2, 0.25) is 5.79 Å². The Morgan fingerprint density at radius 3 is 2.27 bits per heavy atom. The van der Waals surface area contributed by atoms with Crippen molar-refractivity contribution in [3.05, 3.63) is 59.9 Å². The van der Waals surface area contributed by atoms with E-state index in [1.54, 1.807) is 41.9 Å². The van der Waals surface area contributed by atoms with E-state index in [0.717, 1.165) is 10.5 Å². The second-order valence-corrected chi connectivity index (χ2v) is 22.2. The molecule has 2 unspecified atom stereocenters. The highest BCUT2D eigenvalue weighted by Crippen LogP contribution is 2.38. The van der Waals surface area contributed by atoms with Gasteiger partial charge in [0, 0.05) is 58.5 Å². The lowest BCUT2D eigenvalue weighted by Crippen LogP contribution is -2.61. The summed E-state index contributed by atoms with van der Waals surface area (Å²) >= 11 is 0. The van der Waals surface area contributed by atoms with Gasteiger partial charge in [-0.15, -0.1) is 0 Å². The summed E-state index contributed by atoms with van der Waals surface area (Å²) in [4.78, 5) is 87.2. The van der Waals surface area contributed by atoms with Crippen molar-refractivity contribution < 1.29 is 87.1 Å². The van der Waals surface area contributed by atoms with Crippen molar-refractivity contribution in [2.75, 3.05) is 34.5 Å². The number of amides is 1. The van der Waals surface area contributed by atoms with Gasteiger partial charge in [-0.2, -0.15) is 0 Å². The Labute approximate surface area is 454 Å². The molecule has 77 heavy (non-hydrogen) atoms. The summed E-state index contributed by atoms with van der Waals surface area (Å²) in [6.45, 7) is 11.7. The Balaban J connectivity index is 1.54. The fraction of sp³-hybridized carbons (Fsp3) is 0.724. The highest BCUT2D eigenvalue weighted by molar-refractivity contribution is 6.39. The first-order chi connectivity index (χ1) is 36.6. The lowest BCUT2D eigenvalue weighted by atomic mass is 9.78. The normalized spacial score (nSPS) is 39.6. The number of hydrogen-bond donors (Lipinski definition) is 4. The first kappa shape index (κ1) is 63.2. The molecule has 19 nitrogen and oxygen atoms in total. The van der Waals surface area contributed by atoms with Crippen LogP contribution in [0.1, 0.15) is 126 Å². The average Bonchev–Trinajstić information content (AvgIpc) is 3.42. The van der Waals surface area contributed by atoms with Gasteiger partial charge in [-0.3, -0.25) is 19.2 Å². The highest BCUT2D eigenvalue weighted by Gasteiger charge is 2.53. The third-order valence-electron chi connectivity index (χ3n) is 16.3. The molecule has 2 bridgehead atoms. The number of methoxy groups -OCH3 is 3. The maximum absolute atomic E-state index is 14.6. The predicted molar refractivity (Wildman–Crippen MR) is 281 cm³/mol. The first-order valence-electron chi connectivity index (χ1n) is 27.5. The predicted octanol–water partition coefficient (Wildman–Crippen LogP) is 5.98. The number of cyclic esters (lactones) is 1. The molecule has 5 rings (SSSR count). The van der Waals surface area contributed by atoms with Crippen molar-refractivity contribution in [1.82, 2.24) is 4.90 Å². The summed E-state index contributed by atoms with van der Waals surface area (Å²) in [6.07, 6.45) is 6.66. The van der Waals surface area contributed by atoms with Crippen LogP contribution in [-0.2, 0) is 61.9 Å². The van der Waals surface area contributed by atoms with E-state index < -0.39 is 133 Å². The van der Waals surface area contributed by atoms with E-state index in [9.17, 15) is 49.2 Å². The number of carbonyl (C=O) groups excluding carboxylic acids is 6. The summed E-state index contributed by atoms with van der Waals surface area (Å²) in [7, 11) is 4.39. The van der Waals surface area contributed by atoms with E-state index in [1.807, 2.05) is 51.2 Å². The number of fused-ring (bicyclic) bond motifs is 3. The maximum atomic E-state index is 14.6. The molecule has 0 aromatic heterocycles. The zero-order valence-electron chi connectivity index (χ0n) is 46.8. The van der Waals surface area contributed by atoms with Crippen LogP contribution in [0.4, 0.5) is 4.79 Å². The molecule has 0 aromatic rings. The van der Waals surface area contributed by atoms with Gasteiger partial charge in [0.1, 0.15) is 24.0 Å². The Hall–Kier alpha value is -4.60. The van der Waals surface area contributed by atoms with E-state index in [4.69, 9.17) is 37.9 Å². The zero-order valence-corrected chi connectivity index (χ0v) is 46.8. The molecule has 432 valence electrons. The number of nitrogens with zero attached hydrogens (tertiary/aromatic N) is 1. The molecule has 1 saturated carbocycles. The minimum absolute atomic E-state index is 0.0350. The Morgan fingerprint density at radius 2 is 1.58 bits per heavy atom. The first-order valence-corrected chi connectivity index (χ1v) is 27.5. The number of ketones is 3. The summed E-state index contributed by atoms with van der Waals surface area (Å²) in [5, 5.41) is 43.2. The monoisotopic (exact) mass is 1090 g/mol. The van der Waals surface area contributed by atoms with Crippen LogP contribution >= 0.6 is 0 Å². The third-order valence-corrected chi connectivity index (χ3v) is 16.3. The molecule has 4 aliphatic heterocycles. The van der Waals surface area contributed by atoms with Crippen LogP contribution in [0, 0.1) is 35.5 Å². The van der Waals surface area contributed by atoms with E-state index in [0.29, 0.717) is 57.8 Å². The number of aliphatic hydroxyl groups is 4. The Bertz CT molecular complexity index is 2170. The Morgan fingerprint density at radius 1 is 0.844 bits per heavy atom. The highest BCUT2D eigenvalue weighted by atomic mass is 16.7. The quantitative estimate of drug-likeness (QED) is 0.118. The zero-order chi connectivity index (χ0) is 56.7. The molecular weight excluding hydrogens is 999 g/mol. The van der Waals surface area contributed by atoms with Crippen LogP contribution in [-0.4, -0.2) is 168 Å². The molecule has 19 heteroatoms. The summed E-state index contributed by atoms with van der Waals surface area (Å²) in [5.41, 5.74) is 1.08. The molecule has 4 N–H and O–H groups in total. The fourth-order valence-electron chi connectivity index (χ4n) is 11.4. The van der Waals surface area contributed by atoms with Crippen molar-refractivity contribution in [2.24, 2.45) is 35.5 Å². The standard InChI is InChI=1S/C58H87NO18/c1-33-16-12-11-13-17-34(2)46(70-8)30-41-21-19-39(7)58(69,77-41)54(65)55(66)59-24-15-14-18-42(59)56(67)74-47(36(4)28-40-20-22-43(61)48(29-40)71-9)31-45(63)35(3)27-38(6)51(53(72-10)50(64)37(5)26-33)75-57(68)76-52-44(62)23-25-73-49(52)32-60/h11-13,16-17,23,25,27,33,35-37,39-44,46-49,51-53,60-62,69H,14-15,18-22,24,26,28-32H2,1-10H3/b13-11+,16-12+,34-17+,38-27+/t33-,35-,36-,37-,39-,40?,41+,42?,43-,44-,46+,47+,48-,49-,51-,52+,53+,58-/m1/s1. The van der Waals surface area contributed by atoms with Crippen LogP contribution < -0.4 is 0 Å². The minimum atomic E-state index is -2.48. The van der Waals surface area contributed by atoms with Crippen molar-refractivity contribution in [3.63, 3.8) is 0 Å². The molecule has 18 atom stereocenters. The number of rotatable bonds is 9. The van der Waals surface area contributed by atoms with Gasteiger partial charge in [0.25, 0.3) is 11.7 Å². The topological polar surface area (TPSA) is 260 Å². The van der Waals surface area contributed by atoms with Gasteiger partial charge in [-0.05, 0) is 113 Å². The molecule has 4 heterocycles. The molecule has 5 aliphatic rings. The molecular formula is C58H87NO18. The number of aliphatic hydroxyl groups excluding tert-OH is 3. The van der Waals surface area contributed by atoms with Crippen LogP contribution in [0.25, 0.3) is 0 Å². The number of allylic oxidation sites excluding steroid dienone is 6. The third kappa shape index (κ3) is 16.7. The van der Waals surface area contributed by atoms with E-state index in [2.05, 4.69) is 0 Å². The molecule has 1 amide bonds. The lowest BCUT2D eigenvalue weighted by molar-refractivity contribution is -0.265. The van der Waals surface area contributed by atoms with Crippen molar-refractivity contribution >= 4 is 35.4 Å². The van der Waals surface area contributed by atoms with Crippen LogP contribution in [0.2, 0.25) is 0 Å². The van der Waals surface area contributed by atoms with Gasteiger partial charge in [0.15, 0.2) is 30.2 Å². The van der Waals surface area contributed by atoms with Crippen LogP contribution in [0.15, 0.2) is 59.9 Å². The van der Waals surface area contributed by atoms with Gasteiger partial charge < -0.3 is 63.2 Å². The molecule has 0 aromatic carbocycles. The summed E-state index contributed by atoms with van der Waals surface area (Å²) in [6, 6.07) is -1.22. The van der Waals surface area contributed by atoms with Crippen molar-refractivity contribution in [3.8, 4) is 0 Å². The SMILES string of the molecule is CO[C@H]1C[C@@H]2CC[C@@H](C)[C@@](O)(O2)C(=O)C(=O)N2CCCCC2C(=O)O[C@H]([C@H](C)CC2CC[C@@H](O)[C@H](OC)C2)CC(=O)[C@H](C)/C=C(\C)[C@@H](OC(=O)O[C@H]2[C@H](O)C=CO[C@@H]2CO)[C@@H](OC)C(=O)[C@H](C)C[C@H](C)/C=C/C=C/C=C/1C. The number of piperidine rings is 1. The van der Waals surface area contributed by atoms with Crippen molar-refractivity contribution in [1.29, 1.82) is 0 Å². The number of Topliss-reactive ketones (excluding diaryl/α,β-unsaturated/α-hetero) is 3. The minimum Gasteiger partial charge on any atom is -0.492 e. The van der Waals surface area contributed by atoms with E-state index in [-0.39, 0.29) is 49.0 Å². The van der Waals surface area contributed by atoms with Crippen LogP contribution in [0.3, 0.4) is 0 Å². The molecule has 0 radical (unpaired) electrons. The molecule has 1 aliphatic carbocycles. The van der Waals surface area contributed by atoms with Gasteiger partial charge >= 0.3 is 12.1 Å². The summed E-state index contributed by atoms with van der Waals surface area (Å²) < 4.78 is 46.5. The second kappa shape index (κ2) is 29.6. The largest absolute Gasteiger partial charge is 0.509 e.